The Kier molecular flexibility index (Phi) is 11.6. The Bertz CT molecular complexity index is 1550. The van der Waals surface area contributed by atoms with E-state index in [0.717, 1.165) is 30.4 Å². The molecule has 248 valence electrons. The fraction of sp³-hybridized carbons (Fsp3) is 0.412. The van der Waals surface area contributed by atoms with Gasteiger partial charge in [-0.1, -0.05) is 54.1 Å². The molecule has 2 fully saturated rings. The third-order valence-corrected chi connectivity index (χ3v) is 9.78. The van der Waals surface area contributed by atoms with Crippen molar-refractivity contribution < 1.29 is 19.2 Å². The molecule has 0 bridgehead atoms. The van der Waals surface area contributed by atoms with E-state index in [4.69, 9.17) is 22.7 Å². The number of ketones is 1. The number of hydrogen-bond donors (Lipinski definition) is 3. The van der Waals surface area contributed by atoms with E-state index < -0.39 is 18.0 Å². The second-order valence-corrected chi connectivity index (χ2v) is 13.4. The zero-order valence-electron chi connectivity index (χ0n) is 26.1. The summed E-state index contributed by atoms with van der Waals surface area (Å²) in [5.41, 5.74) is 7.70. The fourth-order valence-electron chi connectivity index (χ4n) is 6.33. The van der Waals surface area contributed by atoms with Crippen LogP contribution in [0.3, 0.4) is 0 Å². The Morgan fingerprint density at radius 3 is 2.57 bits per heavy atom. The third kappa shape index (κ3) is 9.17. The third-order valence-electron chi connectivity index (χ3n) is 8.74. The Balaban J connectivity index is 1.30. The first-order chi connectivity index (χ1) is 22.7. The number of nitrogens with one attached hydrogen (secondary N) is 2. The van der Waals surface area contributed by atoms with Crippen LogP contribution in [0.25, 0.3) is 0 Å². The Labute approximate surface area is 283 Å². The molecule has 2 aromatic carbocycles. The lowest BCUT2D eigenvalue weighted by atomic mass is 9.90. The van der Waals surface area contributed by atoms with E-state index in [1.54, 1.807) is 33.5 Å². The van der Waals surface area contributed by atoms with Gasteiger partial charge in [-0.25, -0.2) is 4.98 Å². The van der Waals surface area contributed by atoms with Crippen molar-refractivity contribution >= 4 is 52.4 Å². The molecule has 3 atom stereocenters. The summed E-state index contributed by atoms with van der Waals surface area (Å²) in [7, 11) is 0. The standard InChI is InChI=1S/C34H40ClN7O4S/c35-26-12-10-24(11-13-26)19-28-33(46)40(15-4-8-23-6-2-1-3-7-23)22-30(44)42(28)21-29(43)39-27(31(45)32-38-14-17-47-32)18-25-9-5-16-41(20-25)34(36)37/h1-3,6-7,10-14,17,25,27-28H,4-5,8-9,15-16,18-22H2,(H3,36,37)(H,39,43)/t25-,27-,28+/m0/s1. The summed E-state index contributed by atoms with van der Waals surface area (Å²) < 4.78 is 0. The van der Waals surface area contributed by atoms with E-state index in [2.05, 4.69) is 10.3 Å². The number of thiazole rings is 1. The highest BCUT2D eigenvalue weighted by molar-refractivity contribution is 7.11. The van der Waals surface area contributed by atoms with Crippen molar-refractivity contribution in [2.45, 2.75) is 50.6 Å². The van der Waals surface area contributed by atoms with Crippen molar-refractivity contribution in [3.05, 3.63) is 87.3 Å². The first kappa shape index (κ1) is 34.1. The van der Waals surface area contributed by atoms with Gasteiger partial charge >= 0.3 is 0 Å². The van der Waals surface area contributed by atoms with Crippen LogP contribution in [0.4, 0.5) is 0 Å². The number of carbonyl (C=O) groups is 4. The second-order valence-electron chi connectivity index (χ2n) is 12.1. The summed E-state index contributed by atoms with van der Waals surface area (Å²) >= 11 is 7.29. The van der Waals surface area contributed by atoms with Gasteiger partial charge in [-0.15, -0.1) is 11.3 Å². The van der Waals surface area contributed by atoms with Gasteiger partial charge in [0.05, 0.1) is 12.6 Å². The minimum Gasteiger partial charge on any atom is -0.370 e. The molecule has 3 heterocycles. The lowest BCUT2D eigenvalue weighted by Crippen LogP contribution is -2.62. The summed E-state index contributed by atoms with van der Waals surface area (Å²) in [5, 5.41) is 13.2. The lowest BCUT2D eigenvalue weighted by molar-refractivity contribution is -0.157. The quantitative estimate of drug-likeness (QED) is 0.142. The first-order valence-corrected chi connectivity index (χ1v) is 17.1. The van der Waals surface area contributed by atoms with Crippen LogP contribution in [0.2, 0.25) is 5.02 Å². The topological polar surface area (TPSA) is 153 Å². The molecule has 0 radical (unpaired) electrons. The zero-order valence-corrected chi connectivity index (χ0v) is 27.7. The average molecular weight is 678 g/mol. The van der Waals surface area contributed by atoms with Crippen molar-refractivity contribution in [3.63, 3.8) is 0 Å². The number of halogens is 1. The molecule has 1 aromatic heterocycles. The van der Waals surface area contributed by atoms with E-state index >= 15 is 0 Å². The summed E-state index contributed by atoms with van der Waals surface area (Å²) in [6.45, 7) is 1.11. The van der Waals surface area contributed by atoms with Gasteiger partial charge in [0.15, 0.2) is 11.0 Å². The predicted octanol–water partition coefficient (Wildman–Crippen LogP) is 3.37. The van der Waals surface area contributed by atoms with Crippen LogP contribution in [0.1, 0.15) is 46.6 Å². The Hall–Kier alpha value is -4.29. The summed E-state index contributed by atoms with van der Waals surface area (Å²) in [4.78, 5) is 63.5. The highest BCUT2D eigenvalue weighted by Crippen LogP contribution is 2.24. The summed E-state index contributed by atoms with van der Waals surface area (Å²) in [6.07, 6.45) is 5.20. The highest BCUT2D eigenvalue weighted by Gasteiger charge is 2.40. The van der Waals surface area contributed by atoms with Crippen LogP contribution in [-0.4, -0.2) is 94.0 Å². The number of amides is 3. The molecule has 0 saturated carbocycles. The maximum Gasteiger partial charge on any atom is 0.246 e. The zero-order chi connectivity index (χ0) is 33.3. The monoisotopic (exact) mass is 677 g/mol. The van der Waals surface area contributed by atoms with E-state index in [1.165, 1.54) is 16.2 Å². The minimum absolute atomic E-state index is 0.0159. The van der Waals surface area contributed by atoms with Gasteiger partial charge in [0, 0.05) is 42.7 Å². The van der Waals surface area contributed by atoms with Crippen LogP contribution in [0, 0.1) is 11.3 Å². The van der Waals surface area contributed by atoms with E-state index in [-0.39, 0.29) is 54.0 Å². The Morgan fingerprint density at radius 1 is 1.11 bits per heavy atom. The van der Waals surface area contributed by atoms with Crippen molar-refractivity contribution in [1.29, 1.82) is 5.41 Å². The van der Waals surface area contributed by atoms with Crippen molar-refractivity contribution in [3.8, 4) is 0 Å². The van der Waals surface area contributed by atoms with Gasteiger partial charge in [-0.05, 0) is 61.3 Å². The number of guanidine groups is 1. The first-order valence-electron chi connectivity index (χ1n) is 15.9. The number of nitrogens with zero attached hydrogens (tertiary/aromatic N) is 4. The maximum absolute atomic E-state index is 13.9. The maximum atomic E-state index is 13.9. The largest absolute Gasteiger partial charge is 0.370 e. The number of aromatic nitrogens is 1. The van der Waals surface area contributed by atoms with E-state index in [0.29, 0.717) is 37.5 Å². The molecule has 0 unspecified atom stereocenters. The molecular formula is C34H40ClN7O4S. The number of carbonyl (C=O) groups excluding carboxylic acids is 4. The SMILES string of the molecule is N=C(N)N1CCC[C@@H](C[C@H](NC(=O)CN2C(=O)CN(CCCc3ccccc3)C(=O)[C@H]2Cc2ccc(Cl)cc2)C(=O)c2nccs2)C1. The van der Waals surface area contributed by atoms with Crippen LogP contribution in [0.15, 0.2) is 66.2 Å². The second kappa shape index (κ2) is 16.0. The van der Waals surface area contributed by atoms with Gasteiger partial charge in [-0.3, -0.25) is 24.6 Å². The molecule has 3 amide bonds. The molecule has 13 heteroatoms. The molecule has 2 aliphatic heterocycles. The number of piperidine rings is 1. The van der Waals surface area contributed by atoms with Crippen LogP contribution < -0.4 is 11.1 Å². The number of rotatable bonds is 13. The van der Waals surface area contributed by atoms with Crippen LogP contribution in [0.5, 0.6) is 0 Å². The van der Waals surface area contributed by atoms with Gasteiger partial charge in [-0.2, -0.15) is 0 Å². The normalized spacial score (nSPS) is 19.0. The molecule has 5 rings (SSSR count). The Morgan fingerprint density at radius 2 is 1.87 bits per heavy atom. The molecule has 11 nitrogen and oxygen atoms in total. The molecule has 0 aliphatic carbocycles. The van der Waals surface area contributed by atoms with Crippen molar-refractivity contribution in [2.75, 3.05) is 32.7 Å². The average Bonchev–Trinajstić information content (AvgIpc) is 3.61. The summed E-state index contributed by atoms with van der Waals surface area (Å²) in [6, 6.07) is 15.3. The van der Waals surface area contributed by atoms with E-state index in [9.17, 15) is 19.2 Å². The number of aryl methyl sites for hydroxylation is 1. The van der Waals surface area contributed by atoms with Gasteiger partial charge in [0.2, 0.25) is 23.5 Å². The molecule has 2 saturated heterocycles. The van der Waals surface area contributed by atoms with Gasteiger partial charge in [0.1, 0.15) is 12.6 Å². The number of hydrogen-bond acceptors (Lipinski definition) is 7. The molecule has 0 spiro atoms. The molecule has 3 aromatic rings. The van der Waals surface area contributed by atoms with Crippen LogP contribution in [-0.2, 0) is 27.2 Å². The number of benzene rings is 2. The number of Topliss-reactive ketones (excluding diaryl/α,β-unsaturated/α-hetero) is 1. The lowest BCUT2D eigenvalue weighted by Gasteiger charge is -2.40. The minimum atomic E-state index is -0.893. The van der Waals surface area contributed by atoms with Crippen molar-refractivity contribution in [2.24, 2.45) is 11.7 Å². The van der Waals surface area contributed by atoms with E-state index in [1.807, 2.05) is 42.5 Å². The number of piperazine rings is 1. The molecule has 47 heavy (non-hydrogen) atoms. The highest BCUT2D eigenvalue weighted by atomic mass is 35.5. The molecular weight excluding hydrogens is 638 g/mol. The number of likely N-dealkylation sites (tertiary alicyclic amines) is 1. The number of nitrogens with two attached hydrogens (primary N) is 1. The van der Waals surface area contributed by atoms with Gasteiger partial charge in [0.25, 0.3) is 0 Å². The fourth-order valence-corrected chi connectivity index (χ4v) is 7.08. The summed E-state index contributed by atoms with van der Waals surface area (Å²) in [5.74, 6) is -1.39. The molecule has 2 aliphatic rings. The van der Waals surface area contributed by atoms with Crippen LogP contribution >= 0.6 is 22.9 Å². The predicted molar refractivity (Wildman–Crippen MR) is 181 cm³/mol. The van der Waals surface area contributed by atoms with Crippen molar-refractivity contribution in [1.82, 2.24) is 25.0 Å². The molecule has 4 N–H and O–H groups in total. The van der Waals surface area contributed by atoms with Gasteiger partial charge < -0.3 is 25.8 Å². The smallest absolute Gasteiger partial charge is 0.246 e.